The number of carbonyl (C=O) groups is 1. The third-order valence-electron chi connectivity index (χ3n) is 5.38. The second kappa shape index (κ2) is 8.45. The highest BCUT2D eigenvalue weighted by Crippen LogP contribution is 2.40. The average Bonchev–Trinajstić information content (AvgIpc) is 3.04. The quantitative estimate of drug-likeness (QED) is 0.548. The monoisotopic (exact) mass is 328 g/mol. The molecular formula is C18H32O5. The summed E-state index contributed by atoms with van der Waals surface area (Å²) in [5.41, 5.74) is 0. The van der Waals surface area contributed by atoms with Gasteiger partial charge < -0.3 is 19.3 Å². The van der Waals surface area contributed by atoms with Gasteiger partial charge in [-0.1, -0.05) is 26.7 Å². The van der Waals surface area contributed by atoms with Gasteiger partial charge in [0, 0.05) is 26.2 Å². The van der Waals surface area contributed by atoms with E-state index in [0.29, 0.717) is 19.6 Å². The van der Waals surface area contributed by atoms with Crippen LogP contribution in [-0.4, -0.2) is 42.3 Å². The fourth-order valence-electron chi connectivity index (χ4n) is 4.02. The number of unbranched alkanes of at least 4 members (excludes halogenated alkanes) is 2. The molecule has 1 saturated heterocycles. The molecule has 1 saturated carbocycles. The maximum absolute atomic E-state index is 11.2. The van der Waals surface area contributed by atoms with Gasteiger partial charge in [-0.15, -0.1) is 0 Å². The van der Waals surface area contributed by atoms with Crippen LogP contribution in [0.5, 0.6) is 0 Å². The number of ether oxygens (including phenoxy) is 3. The van der Waals surface area contributed by atoms with Crippen LogP contribution in [-0.2, 0) is 19.0 Å². The molecule has 0 aromatic carbocycles. The molecule has 1 N–H and O–H groups in total. The summed E-state index contributed by atoms with van der Waals surface area (Å²) in [4.78, 5) is 11.2. The van der Waals surface area contributed by atoms with Gasteiger partial charge in [0.15, 0.2) is 5.79 Å². The smallest absolute Gasteiger partial charge is 0.302 e. The molecule has 2 rings (SSSR count). The molecule has 0 unspecified atom stereocenters. The highest BCUT2D eigenvalue weighted by atomic mass is 16.7. The second-order valence-corrected chi connectivity index (χ2v) is 7.08. The van der Waals surface area contributed by atoms with Gasteiger partial charge in [0.25, 0.3) is 0 Å². The van der Waals surface area contributed by atoms with Gasteiger partial charge in [0.2, 0.25) is 0 Å². The molecule has 2 aliphatic rings. The van der Waals surface area contributed by atoms with Gasteiger partial charge >= 0.3 is 5.97 Å². The number of hydrogen-bond donors (Lipinski definition) is 1. The topological polar surface area (TPSA) is 65.0 Å². The Kier molecular flexibility index (Phi) is 6.86. The number of carbonyl (C=O) groups excluding carboxylic acids is 1. The molecule has 0 aromatic rings. The zero-order chi connectivity index (χ0) is 16.9. The molecular weight excluding hydrogens is 296 g/mol. The molecule has 0 spiro atoms. The summed E-state index contributed by atoms with van der Waals surface area (Å²) in [5, 5.41) is 10.3. The molecule has 2 fully saturated rings. The average molecular weight is 328 g/mol. The standard InChI is InChI=1S/C18H32O5/c1-4-5-6-8-18(21-10-11-22-18)9-7-15-13(2)17(12-16(15)20)23-14(3)19/h13,15-17,20H,4-12H2,1-3H3/t13-,15-,16+,17+/m1/s1. The highest BCUT2D eigenvalue weighted by Gasteiger charge is 2.44. The van der Waals surface area contributed by atoms with Crippen molar-refractivity contribution in [2.45, 2.75) is 83.7 Å². The Morgan fingerprint density at radius 1 is 1.26 bits per heavy atom. The Labute approximate surface area is 139 Å². The van der Waals surface area contributed by atoms with Crippen LogP contribution in [0.3, 0.4) is 0 Å². The van der Waals surface area contributed by atoms with Gasteiger partial charge in [-0.2, -0.15) is 0 Å². The van der Waals surface area contributed by atoms with Crippen LogP contribution in [0.2, 0.25) is 0 Å². The van der Waals surface area contributed by atoms with Crippen LogP contribution in [0, 0.1) is 11.8 Å². The normalized spacial score (nSPS) is 33.0. The molecule has 0 amide bonds. The Bertz CT molecular complexity index is 378. The molecule has 1 aliphatic carbocycles. The zero-order valence-electron chi connectivity index (χ0n) is 14.8. The number of rotatable bonds is 8. The molecule has 1 aliphatic heterocycles. The Hall–Kier alpha value is -0.650. The summed E-state index contributed by atoms with van der Waals surface area (Å²) in [6.07, 6.45) is 5.99. The van der Waals surface area contributed by atoms with Crippen molar-refractivity contribution < 1.29 is 24.1 Å². The summed E-state index contributed by atoms with van der Waals surface area (Å²) < 4.78 is 17.2. The maximum atomic E-state index is 11.2. The van der Waals surface area contributed by atoms with E-state index in [1.54, 1.807) is 0 Å². The van der Waals surface area contributed by atoms with Crippen LogP contribution >= 0.6 is 0 Å². The largest absolute Gasteiger partial charge is 0.462 e. The molecule has 134 valence electrons. The van der Waals surface area contributed by atoms with Crippen molar-refractivity contribution in [3.63, 3.8) is 0 Å². The van der Waals surface area contributed by atoms with Crippen molar-refractivity contribution >= 4 is 5.97 Å². The van der Waals surface area contributed by atoms with Gasteiger partial charge in [-0.25, -0.2) is 0 Å². The van der Waals surface area contributed by atoms with Gasteiger partial charge in [-0.05, 0) is 24.7 Å². The lowest BCUT2D eigenvalue weighted by atomic mass is 9.88. The van der Waals surface area contributed by atoms with Gasteiger partial charge in [-0.3, -0.25) is 4.79 Å². The van der Waals surface area contributed by atoms with Crippen molar-refractivity contribution in [2.24, 2.45) is 11.8 Å². The lowest BCUT2D eigenvalue weighted by Gasteiger charge is -2.30. The number of aliphatic hydroxyl groups is 1. The first-order valence-corrected chi connectivity index (χ1v) is 9.10. The van der Waals surface area contributed by atoms with E-state index in [1.165, 1.54) is 19.8 Å². The first kappa shape index (κ1) is 18.7. The summed E-state index contributed by atoms with van der Waals surface area (Å²) >= 11 is 0. The van der Waals surface area contributed by atoms with Gasteiger partial charge in [0.05, 0.1) is 19.3 Å². The molecule has 5 nitrogen and oxygen atoms in total. The minimum Gasteiger partial charge on any atom is -0.462 e. The van der Waals surface area contributed by atoms with E-state index in [0.717, 1.165) is 25.7 Å². The number of aliphatic hydroxyl groups excluding tert-OH is 1. The molecule has 5 heteroatoms. The van der Waals surface area contributed by atoms with Crippen LogP contribution in [0.1, 0.15) is 65.7 Å². The van der Waals surface area contributed by atoms with Gasteiger partial charge in [0.1, 0.15) is 6.10 Å². The van der Waals surface area contributed by atoms with E-state index in [2.05, 4.69) is 13.8 Å². The maximum Gasteiger partial charge on any atom is 0.302 e. The highest BCUT2D eigenvalue weighted by molar-refractivity contribution is 5.66. The lowest BCUT2D eigenvalue weighted by molar-refractivity contribution is -0.172. The fraction of sp³-hybridized carbons (Fsp3) is 0.944. The summed E-state index contributed by atoms with van der Waals surface area (Å²) in [6, 6.07) is 0. The fourth-order valence-corrected chi connectivity index (χ4v) is 4.02. The van der Waals surface area contributed by atoms with E-state index in [-0.39, 0.29) is 23.9 Å². The molecule has 23 heavy (non-hydrogen) atoms. The number of hydrogen-bond acceptors (Lipinski definition) is 5. The van der Waals surface area contributed by atoms with Crippen LogP contribution < -0.4 is 0 Å². The van der Waals surface area contributed by atoms with E-state index >= 15 is 0 Å². The SMILES string of the molecule is CCCCCC1(CC[C@@H]2[C@@H](C)[C@@H](OC(C)=O)C[C@@H]2O)OCCO1. The van der Waals surface area contributed by atoms with Crippen molar-refractivity contribution in [1.82, 2.24) is 0 Å². The molecule has 0 bridgehead atoms. The third-order valence-corrected chi connectivity index (χ3v) is 5.38. The molecule has 1 heterocycles. The predicted octanol–water partition coefficient (Wildman–Crippen LogP) is 3.04. The van der Waals surface area contributed by atoms with E-state index in [9.17, 15) is 9.90 Å². The summed E-state index contributed by atoms with van der Waals surface area (Å²) in [6.45, 7) is 6.99. The minimum absolute atomic E-state index is 0.134. The molecule has 4 atom stereocenters. The second-order valence-electron chi connectivity index (χ2n) is 7.08. The van der Waals surface area contributed by atoms with Crippen molar-refractivity contribution in [1.29, 1.82) is 0 Å². The lowest BCUT2D eigenvalue weighted by Crippen LogP contribution is -2.32. The minimum atomic E-state index is -0.464. The van der Waals surface area contributed by atoms with Crippen LogP contribution in [0.15, 0.2) is 0 Å². The summed E-state index contributed by atoms with van der Waals surface area (Å²) in [7, 11) is 0. The predicted molar refractivity (Wildman–Crippen MR) is 86.8 cm³/mol. The summed E-state index contributed by atoms with van der Waals surface area (Å²) in [5.74, 6) is -0.430. The van der Waals surface area contributed by atoms with E-state index in [1.807, 2.05) is 0 Å². The van der Waals surface area contributed by atoms with Crippen LogP contribution in [0.25, 0.3) is 0 Å². The Balaban J connectivity index is 1.88. The van der Waals surface area contributed by atoms with Crippen LogP contribution in [0.4, 0.5) is 0 Å². The first-order valence-electron chi connectivity index (χ1n) is 9.10. The van der Waals surface area contributed by atoms with Crippen molar-refractivity contribution in [2.75, 3.05) is 13.2 Å². The zero-order valence-corrected chi connectivity index (χ0v) is 14.8. The van der Waals surface area contributed by atoms with Crippen molar-refractivity contribution in [3.8, 4) is 0 Å². The third kappa shape index (κ3) is 4.91. The van der Waals surface area contributed by atoms with Crippen molar-refractivity contribution in [3.05, 3.63) is 0 Å². The molecule has 0 radical (unpaired) electrons. The van der Waals surface area contributed by atoms with E-state index < -0.39 is 11.9 Å². The number of esters is 1. The first-order chi connectivity index (χ1) is 11.0. The molecule has 0 aromatic heterocycles. The van der Waals surface area contributed by atoms with E-state index in [4.69, 9.17) is 14.2 Å². The Morgan fingerprint density at radius 2 is 1.96 bits per heavy atom. The Morgan fingerprint density at radius 3 is 2.57 bits per heavy atom.